The van der Waals surface area contributed by atoms with Gasteiger partial charge in [-0.3, -0.25) is 4.79 Å². The maximum Gasteiger partial charge on any atom is 0.252 e. The first kappa shape index (κ1) is 15.9. The summed E-state index contributed by atoms with van der Waals surface area (Å²) in [6.07, 6.45) is 1.39. The lowest BCUT2D eigenvalue weighted by Gasteiger charge is -2.12. The highest BCUT2D eigenvalue weighted by Gasteiger charge is 2.19. The minimum atomic E-state index is -0.456. The van der Waals surface area contributed by atoms with Gasteiger partial charge in [-0.05, 0) is 43.0 Å². The third-order valence-electron chi connectivity index (χ3n) is 2.64. The quantitative estimate of drug-likeness (QED) is 0.523. The average molecular weight is 343 g/mol. The van der Waals surface area contributed by atoms with Crippen LogP contribution in [0.25, 0.3) is 0 Å². The van der Waals surface area contributed by atoms with E-state index in [0.717, 1.165) is 4.73 Å². The van der Waals surface area contributed by atoms with Crippen molar-refractivity contribution in [3.05, 3.63) is 57.8 Å². The summed E-state index contributed by atoms with van der Waals surface area (Å²) < 4.78 is 0.723. The van der Waals surface area contributed by atoms with Crippen molar-refractivity contribution in [1.82, 2.24) is 0 Å². The zero-order valence-corrected chi connectivity index (χ0v) is 13.4. The summed E-state index contributed by atoms with van der Waals surface area (Å²) in [4.78, 5) is 12.1. The molecule has 0 saturated heterocycles. The third kappa shape index (κ3) is 4.27. The average Bonchev–Trinajstić information content (AvgIpc) is 2.45. The second kappa shape index (κ2) is 7.02. The number of thioether (sulfide) groups is 1. The number of rotatable bonds is 4. The van der Waals surface area contributed by atoms with Crippen molar-refractivity contribution in [2.75, 3.05) is 5.32 Å². The van der Waals surface area contributed by atoms with Gasteiger partial charge in [-0.2, -0.15) is 4.73 Å². The normalized spacial score (nSPS) is 12.0. The standard InChI is InChI=1S/C14H12Cl2N2O2S/c1-9(21-13-4-2-3-7-18(13)20)14(19)17-12-8-10(15)5-6-11(12)16/h2-9H,1H3,(H,17,19)/t9-/m1/s1. The van der Waals surface area contributed by atoms with Crippen molar-refractivity contribution in [1.29, 1.82) is 0 Å². The van der Waals surface area contributed by atoms with Crippen LogP contribution in [0.3, 0.4) is 0 Å². The number of hydrogen-bond donors (Lipinski definition) is 1. The van der Waals surface area contributed by atoms with E-state index in [2.05, 4.69) is 5.32 Å². The van der Waals surface area contributed by atoms with Crippen molar-refractivity contribution in [3.63, 3.8) is 0 Å². The van der Waals surface area contributed by atoms with E-state index in [1.165, 1.54) is 18.0 Å². The third-order valence-corrected chi connectivity index (χ3v) is 4.33. The molecule has 0 aliphatic carbocycles. The Balaban J connectivity index is 2.06. The molecule has 0 fully saturated rings. The van der Waals surface area contributed by atoms with Crippen LogP contribution in [0.5, 0.6) is 0 Å². The number of nitrogens with one attached hydrogen (secondary N) is 1. The van der Waals surface area contributed by atoms with Gasteiger partial charge in [-0.15, -0.1) is 0 Å². The number of carbonyl (C=O) groups excluding carboxylic acids is 1. The Morgan fingerprint density at radius 2 is 2.10 bits per heavy atom. The predicted molar refractivity (Wildman–Crippen MR) is 85.8 cm³/mol. The van der Waals surface area contributed by atoms with E-state index < -0.39 is 5.25 Å². The molecule has 0 aliphatic heterocycles. The highest BCUT2D eigenvalue weighted by atomic mass is 35.5. The molecule has 1 N–H and O–H groups in total. The number of carbonyl (C=O) groups is 1. The van der Waals surface area contributed by atoms with Crippen LogP contribution in [0.4, 0.5) is 5.69 Å². The molecule has 2 aromatic rings. The minimum absolute atomic E-state index is 0.256. The molecule has 4 nitrogen and oxygen atoms in total. The van der Waals surface area contributed by atoms with E-state index in [-0.39, 0.29) is 5.91 Å². The van der Waals surface area contributed by atoms with Crippen molar-refractivity contribution in [3.8, 4) is 0 Å². The molecule has 1 heterocycles. The molecular weight excluding hydrogens is 331 g/mol. The van der Waals surface area contributed by atoms with Gasteiger partial charge in [-0.25, -0.2) is 0 Å². The van der Waals surface area contributed by atoms with Crippen LogP contribution in [0.1, 0.15) is 6.92 Å². The molecule has 0 aliphatic rings. The van der Waals surface area contributed by atoms with Crippen LogP contribution >= 0.6 is 35.0 Å². The van der Waals surface area contributed by atoms with Crippen LogP contribution in [0.2, 0.25) is 10.0 Å². The maximum atomic E-state index is 12.1. The number of benzene rings is 1. The SMILES string of the molecule is C[C@@H](Sc1cccc[n+]1[O-])C(=O)Nc1cc(Cl)ccc1Cl. The lowest BCUT2D eigenvalue weighted by Crippen LogP contribution is -2.30. The van der Waals surface area contributed by atoms with E-state index >= 15 is 0 Å². The highest BCUT2D eigenvalue weighted by molar-refractivity contribution is 8.00. The Bertz CT molecular complexity index is 667. The van der Waals surface area contributed by atoms with Crippen LogP contribution in [0.15, 0.2) is 47.6 Å². The Kier molecular flexibility index (Phi) is 5.33. The molecule has 0 saturated carbocycles. The summed E-state index contributed by atoms with van der Waals surface area (Å²) in [6, 6.07) is 9.87. The first-order valence-electron chi connectivity index (χ1n) is 6.08. The molecule has 1 atom stereocenters. The monoisotopic (exact) mass is 342 g/mol. The summed E-state index contributed by atoms with van der Waals surface area (Å²) in [5, 5.41) is 15.2. The fourth-order valence-electron chi connectivity index (χ4n) is 1.57. The number of halogens is 2. The summed E-state index contributed by atoms with van der Waals surface area (Å²) >= 11 is 13.0. The number of aromatic nitrogens is 1. The summed E-state index contributed by atoms with van der Waals surface area (Å²) in [5.74, 6) is -0.256. The molecule has 1 aromatic carbocycles. The van der Waals surface area contributed by atoms with Crippen LogP contribution in [0, 0.1) is 5.21 Å². The zero-order valence-electron chi connectivity index (χ0n) is 11.0. The van der Waals surface area contributed by atoms with Crippen molar-refractivity contribution in [2.24, 2.45) is 0 Å². The number of amides is 1. The number of pyridine rings is 1. The van der Waals surface area contributed by atoms with Gasteiger partial charge in [0.15, 0.2) is 6.20 Å². The summed E-state index contributed by atoms with van der Waals surface area (Å²) in [7, 11) is 0. The van der Waals surface area contributed by atoms with Crippen molar-refractivity contribution >= 4 is 46.6 Å². The van der Waals surface area contributed by atoms with Crippen LogP contribution in [-0.4, -0.2) is 11.2 Å². The lowest BCUT2D eigenvalue weighted by atomic mass is 10.3. The Morgan fingerprint density at radius 3 is 2.81 bits per heavy atom. The topological polar surface area (TPSA) is 56.0 Å². The lowest BCUT2D eigenvalue weighted by molar-refractivity contribution is -0.645. The molecule has 0 spiro atoms. The minimum Gasteiger partial charge on any atom is -0.618 e. The van der Waals surface area contributed by atoms with Gasteiger partial charge in [-0.1, -0.05) is 23.2 Å². The smallest absolute Gasteiger partial charge is 0.252 e. The molecule has 0 bridgehead atoms. The zero-order chi connectivity index (χ0) is 15.4. The van der Waals surface area contributed by atoms with Crippen LogP contribution < -0.4 is 10.0 Å². The first-order valence-corrected chi connectivity index (χ1v) is 7.71. The van der Waals surface area contributed by atoms with E-state index in [9.17, 15) is 10.0 Å². The fourth-order valence-corrected chi connectivity index (χ4v) is 2.75. The molecule has 0 radical (unpaired) electrons. The number of nitrogens with zero attached hydrogens (tertiary/aromatic N) is 1. The summed E-state index contributed by atoms with van der Waals surface area (Å²) in [5.41, 5.74) is 0.449. The molecule has 110 valence electrons. The second-order valence-corrected chi connectivity index (χ2v) is 6.44. The number of anilines is 1. The van der Waals surface area contributed by atoms with Gasteiger partial charge in [0.25, 0.3) is 5.03 Å². The van der Waals surface area contributed by atoms with E-state index in [1.54, 1.807) is 43.3 Å². The molecule has 21 heavy (non-hydrogen) atoms. The van der Waals surface area contributed by atoms with E-state index in [4.69, 9.17) is 23.2 Å². The molecular formula is C14H12Cl2N2O2S. The van der Waals surface area contributed by atoms with Gasteiger partial charge in [0.2, 0.25) is 5.91 Å². The van der Waals surface area contributed by atoms with Gasteiger partial charge >= 0.3 is 0 Å². The van der Waals surface area contributed by atoms with Gasteiger partial charge in [0.05, 0.1) is 16.0 Å². The van der Waals surface area contributed by atoms with E-state index in [0.29, 0.717) is 20.8 Å². The van der Waals surface area contributed by atoms with Gasteiger partial charge in [0.1, 0.15) is 0 Å². The molecule has 7 heteroatoms. The Morgan fingerprint density at radius 1 is 1.33 bits per heavy atom. The van der Waals surface area contributed by atoms with Crippen molar-refractivity contribution < 1.29 is 9.52 Å². The molecule has 2 rings (SSSR count). The Hall–Kier alpha value is -1.43. The van der Waals surface area contributed by atoms with Gasteiger partial charge in [0, 0.05) is 17.2 Å². The predicted octanol–water partition coefficient (Wildman–Crippen LogP) is 3.75. The molecule has 1 aromatic heterocycles. The largest absolute Gasteiger partial charge is 0.618 e. The Labute approximate surface area is 136 Å². The van der Waals surface area contributed by atoms with Crippen LogP contribution in [-0.2, 0) is 4.79 Å². The van der Waals surface area contributed by atoms with E-state index in [1.807, 2.05) is 0 Å². The number of hydrogen-bond acceptors (Lipinski definition) is 3. The fraction of sp³-hybridized carbons (Fsp3) is 0.143. The maximum absolute atomic E-state index is 12.1. The molecule has 0 unspecified atom stereocenters. The highest BCUT2D eigenvalue weighted by Crippen LogP contribution is 2.27. The van der Waals surface area contributed by atoms with Crippen molar-refractivity contribution in [2.45, 2.75) is 17.2 Å². The first-order chi connectivity index (χ1) is 9.97. The summed E-state index contributed by atoms with van der Waals surface area (Å²) in [6.45, 7) is 1.71. The second-order valence-electron chi connectivity index (χ2n) is 4.24. The van der Waals surface area contributed by atoms with Gasteiger partial charge < -0.3 is 10.5 Å². The molecule has 1 amide bonds.